The zero-order valence-corrected chi connectivity index (χ0v) is 9.43. The summed E-state index contributed by atoms with van der Waals surface area (Å²) >= 11 is 0. The minimum Gasteiger partial charge on any atom is -0.284 e. The Morgan fingerprint density at radius 1 is 0.812 bits per heavy atom. The van der Waals surface area contributed by atoms with Gasteiger partial charge in [0.1, 0.15) is 0 Å². The second kappa shape index (κ2) is 5.26. The Hall–Kier alpha value is -1.89. The van der Waals surface area contributed by atoms with Gasteiger partial charge in [-0.15, -0.1) is 0 Å². The molecule has 0 amide bonds. The van der Waals surface area contributed by atoms with E-state index in [-0.39, 0.29) is 0 Å². The van der Waals surface area contributed by atoms with Crippen LogP contribution in [0.25, 0.3) is 0 Å². The van der Waals surface area contributed by atoms with Crippen LogP contribution in [0.4, 0.5) is 0 Å². The molecular weight excluding hydrogens is 196 g/mol. The molecule has 0 aliphatic rings. The van der Waals surface area contributed by atoms with Gasteiger partial charge in [-0.2, -0.15) is 0 Å². The van der Waals surface area contributed by atoms with Crippen molar-refractivity contribution < 1.29 is 0 Å². The zero-order valence-electron chi connectivity index (χ0n) is 9.43. The maximum atomic E-state index is 4.58. The standard InChI is InChI=1S/C15H15N/c1-2-16-15(13-9-5-3-6-10-13)14-11-7-4-8-12-14/h3-12H,2H2,1H3/i2+1,16+1. The summed E-state index contributed by atoms with van der Waals surface area (Å²) in [4.78, 5) is 4.58. The fourth-order valence-corrected chi connectivity index (χ4v) is 1.70. The molecule has 80 valence electrons. The lowest BCUT2D eigenvalue weighted by molar-refractivity contribution is 1.13. The molecule has 0 aliphatic carbocycles. The largest absolute Gasteiger partial charge is 0.284 e. The SMILES string of the molecule is C[13CH2][15N]=C(c1ccccc1)c1ccccc1. The maximum Gasteiger partial charge on any atom is 0.0718 e. The highest BCUT2D eigenvalue weighted by molar-refractivity contribution is 6.12. The van der Waals surface area contributed by atoms with Gasteiger partial charge in [0.2, 0.25) is 0 Å². The molecule has 0 atom stereocenters. The molecule has 2 aromatic carbocycles. The van der Waals surface area contributed by atoms with Gasteiger partial charge in [-0.1, -0.05) is 60.7 Å². The van der Waals surface area contributed by atoms with Crippen LogP contribution in [0.5, 0.6) is 0 Å². The Morgan fingerprint density at radius 2 is 1.25 bits per heavy atom. The van der Waals surface area contributed by atoms with Crippen LogP contribution in [0.1, 0.15) is 18.1 Å². The molecule has 2 aromatic rings. The lowest BCUT2D eigenvalue weighted by Gasteiger charge is -2.06. The fraction of sp³-hybridized carbons (Fsp3) is 0.133. The van der Waals surface area contributed by atoms with Gasteiger partial charge >= 0.3 is 0 Å². The Kier molecular flexibility index (Phi) is 3.50. The Bertz CT molecular complexity index is 416. The third-order valence-corrected chi connectivity index (χ3v) is 2.41. The van der Waals surface area contributed by atoms with Crippen molar-refractivity contribution in [3.8, 4) is 0 Å². The third-order valence-electron chi connectivity index (χ3n) is 2.41. The minimum atomic E-state index is 0.805. The number of aliphatic imine (C=N–C) groups is 1. The lowest BCUT2D eigenvalue weighted by atomic mass is 10.0. The van der Waals surface area contributed by atoms with E-state index < -0.39 is 0 Å². The molecule has 0 aromatic heterocycles. The quantitative estimate of drug-likeness (QED) is 0.418. The smallest absolute Gasteiger partial charge is 0.0718 e. The highest BCUT2D eigenvalue weighted by atomic mass is 15.6. The minimum absolute atomic E-state index is 0.805. The third kappa shape index (κ3) is 2.37. The first-order chi connectivity index (χ1) is 7.92. The summed E-state index contributed by atoms with van der Waals surface area (Å²) in [6.45, 7) is 2.87. The van der Waals surface area contributed by atoms with Crippen molar-refractivity contribution in [2.45, 2.75) is 6.92 Å². The highest BCUT2D eigenvalue weighted by Crippen LogP contribution is 2.10. The second-order valence-electron chi connectivity index (χ2n) is 3.55. The zero-order chi connectivity index (χ0) is 11.2. The van der Waals surface area contributed by atoms with Gasteiger partial charge in [-0.3, -0.25) is 4.99 Å². The van der Waals surface area contributed by atoms with Crippen molar-refractivity contribution in [3.63, 3.8) is 0 Å². The molecule has 0 saturated heterocycles. The molecule has 0 unspecified atom stereocenters. The predicted octanol–water partition coefficient (Wildman–Crippen LogP) is 3.54. The average Bonchev–Trinajstić information content (AvgIpc) is 2.38. The number of rotatable bonds is 3. The van der Waals surface area contributed by atoms with Crippen LogP contribution >= 0.6 is 0 Å². The molecule has 0 radical (unpaired) electrons. The summed E-state index contributed by atoms with van der Waals surface area (Å²) < 4.78 is 0. The van der Waals surface area contributed by atoms with E-state index in [0.29, 0.717) is 0 Å². The van der Waals surface area contributed by atoms with E-state index in [2.05, 4.69) is 36.2 Å². The topological polar surface area (TPSA) is 12.4 Å². The van der Waals surface area contributed by atoms with Gasteiger partial charge in [0, 0.05) is 17.7 Å². The van der Waals surface area contributed by atoms with Crippen molar-refractivity contribution in [1.29, 1.82) is 0 Å². The Labute approximate surface area is 96.5 Å². The van der Waals surface area contributed by atoms with Gasteiger partial charge in [0.15, 0.2) is 0 Å². The normalized spacial score (nSPS) is 9.81. The molecule has 0 heterocycles. The molecule has 0 N–H and O–H groups in total. The van der Waals surface area contributed by atoms with Gasteiger partial charge in [0.25, 0.3) is 0 Å². The molecule has 16 heavy (non-hydrogen) atoms. The van der Waals surface area contributed by atoms with E-state index in [1.807, 2.05) is 36.4 Å². The summed E-state index contributed by atoms with van der Waals surface area (Å²) in [5.41, 5.74) is 3.43. The van der Waals surface area contributed by atoms with Crippen LogP contribution in [-0.4, -0.2) is 12.3 Å². The van der Waals surface area contributed by atoms with E-state index in [1.165, 1.54) is 11.1 Å². The summed E-state index contributed by atoms with van der Waals surface area (Å²) in [6, 6.07) is 20.6. The molecule has 0 fully saturated rings. The van der Waals surface area contributed by atoms with Gasteiger partial charge in [-0.05, 0) is 6.92 Å². The maximum absolute atomic E-state index is 4.58. The van der Waals surface area contributed by atoms with Crippen LogP contribution in [0.15, 0.2) is 65.7 Å². The van der Waals surface area contributed by atoms with Crippen molar-refractivity contribution in [2.24, 2.45) is 4.99 Å². The summed E-state index contributed by atoms with van der Waals surface area (Å²) in [7, 11) is 0. The van der Waals surface area contributed by atoms with Crippen LogP contribution in [0.2, 0.25) is 0 Å². The van der Waals surface area contributed by atoms with Crippen LogP contribution in [0, 0.1) is 0 Å². The van der Waals surface area contributed by atoms with E-state index in [9.17, 15) is 0 Å². The number of hydrogen-bond donors (Lipinski definition) is 0. The van der Waals surface area contributed by atoms with Crippen LogP contribution < -0.4 is 0 Å². The summed E-state index contributed by atoms with van der Waals surface area (Å²) in [5.74, 6) is 0. The van der Waals surface area contributed by atoms with E-state index in [1.54, 1.807) is 0 Å². The van der Waals surface area contributed by atoms with E-state index >= 15 is 0 Å². The summed E-state index contributed by atoms with van der Waals surface area (Å²) in [5, 5.41) is 0. The van der Waals surface area contributed by atoms with Crippen LogP contribution in [0.3, 0.4) is 0 Å². The van der Waals surface area contributed by atoms with Crippen molar-refractivity contribution >= 4 is 5.71 Å². The van der Waals surface area contributed by atoms with Gasteiger partial charge in [0.05, 0.1) is 5.71 Å². The molecule has 1 heteroatoms. The molecule has 1 nitrogen and oxygen atoms in total. The molecule has 0 aliphatic heterocycles. The molecular formula is C15H15N. The first-order valence-electron chi connectivity index (χ1n) is 5.57. The molecule has 0 saturated carbocycles. The first kappa shape index (κ1) is 10.6. The number of nitrogens with zero attached hydrogens (tertiary/aromatic N) is 1. The monoisotopic (exact) mass is 211 g/mol. The van der Waals surface area contributed by atoms with Crippen molar-refractivity contribution in [1.82, 2.24) is 0 Å². The van der Waals surface area contributed by atoms with E-state index in [4.69, 9.17) is 0 Å². The average molecular weight is 211 g/mol. The van der Waals surface area contributed by atoms with Gasteiger partial charge < -0.3 is 0 Å². The Morgan fingerprint density at radius 3 is 1.62 bits per heavy atom. The highest BCUT2D eigenvalue weighted by Gasteiger charge is 2.04. The fourth-order valence-electron chi connectivity index (χ4n) is 1.70. The van der Waals surface area contributed by atoms with Gasteiger partial charge in [-0.25, -0.2) is 0 Å². The molecule has 0 bridgehead atoms. The van der Waals surface area contributed by atoms with E-state index in [0.717, 1.165) is 12.3 Å². The predicted molar refractivity (Wildman–Crippen MR) is 69.1 cm³/mol. The molecule has 0 spiro atoms. The molecule has 2 rings (SSSR count). The number of benzene rings is 2. The van der Waals surface area contributed by atoms with Crippen molar-refractivity contribution in [2.75, 3.05) is 6.54 Å². The first-order valence-corrected chi connectivity index (χ1v) is 5.57. The Balaban J connectivity index is 2.44. The summed E-state index contributed by atoms with van der Waals surface area (Å²) in [6.07, 6.45) is 0. The van der Waals surface area contributed by atoms with Crippen LogP contribution in [-0.2, 0) is 0 Å². The number of hydrogen-bond acceptors (Lipinski definition) is 1. The lowest BCUT2D eigenvalue weighted by Crippen LogP contribution is -2.03. The second-order valence-corrected chi connectivity index (χ2v) is 3.55. The van der Waals surface area contributed by atoms with Crippen molar-refractivity contribution in [3.05, 3.63) is 71.8 Å².